The van der Waals surface area contributed by atoms with Crippen molar-refractivity contribution in [3.8, 4) is 0 Å². The van der Waals surface area contributed by atoms with Crippen molar-refractivity contribution in [2.75, 3.05) is 46.3 Å². The van der Waals surface area contributed by atoms with E-state index in [2.05, 4.69) is 13.1 Å². The number of carbonyl (C=O) groups is 1. The van der Waals surface area contributed by atoms with Gasteiger partial charge in [0.05, 0.1) is 18.7 Å². The number of esters is 1. The summed E-state index contributed by atoms with van der Waals surface area (Å²) >= 11 is 0. The van der Waals surface area contributed by atoms with Gasteiger partial charge < -0.3 is 13.7 Å². The third-order valence-electron chi connectivity index (χ3n) is 5.43. The molecule has 4 heteroatoms. The average Bonchev–Trinajstić information content (AvgIpc) is 2.49. The van der Waals surface area contributed by atoms with Crippen LogP contribution in [0.25, 0.3) is 0 Å². The van der Waals surface area contributed by atoms with Gasteiger partial charge in [-0.2, -0.15) is 0 Å². The molecule has 0 aliphatic carbocycles. The molecule has 0 saturated carbocycles. The molecule has 3 aliphatic rings. The summed E-state index contributed by atoms with van der Waals surface area (Å²) in [5.41, 5.74) is 1.89. The zero-order valence-electron chi connectivity index (χ0n) is 14.0. The average molecular weight is 304 g/mol. The monoisotopic (exact) mass is 304 g/mol. The molecule has 4 nitrogen and oxygen atoms in total. The van der Waals surface area contributed by atoms with Crippen LogP contribution in [0.4, 0.5) is 0 Å². The second-order valence-electron chi connectivity index (χ2n) is 7.57. The highest BCUT2D eigenvalue weighted by molar-refractivity contribution is 5.91. The Kier molecular flexibility index (Phi) is 4.00. The van der Waals surface area contributed by atoms with Gasteiger partial charge in [0.2, 0.25) is 0 Å². The molecule has 0 unspecified atom stereocenters. The van der Waals surface area contributed by atoms with Crippen LogP contribution in [0.1, 0.15) is 29.8 Å². The minimum atomic E-state index is -0.182. The predicted molar refractivity (Wildman–Crippen MR) is 86.3 cm³/mol. The zero-order valence-corrected chi connectivity index (χ0v) is 14.0. The minimum Gasteiger partial charge on any atom is -0.459 e. The van der Waals surface area contributed by atoms with E-state index in [4.69, 9.17) is 4.74 Å². The number of fused-ring (bicyclic) bond motifs is 3. The van der Waals surface area contributed by atoms with Crippen LogP contribution in [0.5, 0.6) is 0 Å². The van der Waals surface area contributed by atoms with E-state index in [0.29, 0.717) is 0 Å². The van der Waals surface area contributed by atoms with Gasteiger partial charge in [-0.15, -0.1) is 0 Å². The number of ether oxygens (including phenoxy) is 1. The van der Waals surface area contributed by atoms with Crippen LogP contribution in [0, 0.1) is 0 Å². The third kappa shape index (κ3) is 3.03. The molecule has 1 aromatic rings. The van der Waals surface area contributed by atoms with E-state index < -0.39 is 0 Å². The molecule has 0 spiro atoms. The van der Waals surface area contributed by atoms with Crippen molar-refractivity contribution in [2.24, 2.45) is 0 Å². The number of benzene rings is 1. The number of likely N-dealkylation sites (N-methyl/N-ethyl adjacent to an activating group) is 1. The fourth-order valence-corrected chi connectivity index (χ4v) is 3.76. The molecule has 0 amide bonds. The van der Waals surface area contributed by atoms with Crippen molar-refractivity contribution in [3.05, 3.63) is 35.4 Å². The molecule has 0 N–H and O–H groups in total. The summed E-state index contributed by atoms with van der Waals surface area (Å²) < 4.78 is 7.78. The van der Waals surface area contributed by atoms with Crippen molar-refractivity contribution in [2.45, 2.75) is 26.5 Å². The van der Waals surface area contributed by atoms with Crippen molar-refractivity contribution < 1.29 is 18.5 Å². The van der Waals surface area contributed by atoms with Gasteiger partial charge in [-0.3, -0.25) is 0 Å². The minimum absolute atomic E-state index is 0.0735. The van der Waals surface area contributed by atoms with Crippen molar-refractivity contribution in [3.63, 3.8) is 0 Å². The number of hydrogen-bond acceptors (Lipinski definition) is 2. The second-order valence-corrected chi connectivity index (χ2v) is 7.57. The quantitative estimate of drug-likeness (QED) is 0.628. The fraction of sp³-hybridized carbons (Fsp3) is 0.611. The Hall–Kier alpha value is -1.39. The maximum absolute atomic E-state index is 12.3. The molecule has 3 heterocycles. The highest BCUT2D eigenvalue weighted by Gasteiger charge is 2.46. The number of piperazine rings is 3. The van der Waals surface area contributed by atoms with Crippen molar-refractivity contribution >= 4 is 5.97 Å². The molecule has 3 aliphatic heterocycles. The number of carbonyl (C=O) groups excluding carboxylic acids is 1. The Bertz CT molecular complexity index is 543. The second kappa shape index (κ2) is 5.67. The van der Waals surface area contributed by atoms with E-state index in [1.54, 1.807) is 0 Å². The Labute approximate surface area is 133 Å². The van der Waals surface area contributed by atoms with E-state index in [0.717, 1.165) is 22.2 Å². The Morgan fingerprint density at radius 2 is 1.68 bits per heavy atom. The van der Waals surface area contributed by atoms with Gasteiger partial charge in [0.1, 0.15) is 45.8 Å². The molecule has 3 saturated heterocycles. The molecular formula is C18H28N2O2+2. The first-order chi connectivity index (χ1) is 10.4. The van der Waals surface area contributed by atoms with Crippen LogP contribution in [-0.4, -0.2) is 67.4 Å². The van der Waals surface area contributed by atoms with Crippen LogP contribution in [0.15, 0.2) is 24.3 Å². The third-order valence-corrected chi connectivity index (χ3v) is 5.43. The van der Waals surface area contributed by atoms with E-state index in [9.17, 15) is 4.79 Å². The van der Waals surface area contributed by atoms with Crippen LogP contribution >= 0.6 is 0 Å². The molecule has 22 heavy (non-hydrogen) atoms. The largest absolute Gasteiger partial charge is 0.459 e. The zero-order chi connectivity index (χ0) is 15.8. The summed E-state index contributed by atoms with van der Waals surface area (Å²) in [6.07, 6.45) is -0.0735. The number of hydrogen-bond donors (Lipinski definition) is 0. The highest BCUT2D eigenvalue weighted by Crippen LogP contribution is 2.28. The molecule has 3 fully saturated rings. The summed E-state index contributed by atoms with van der Waals surface area (Å²) in [6, 6.07) is 7.97. The summed E-state index contributed by atoms with van der Waals surface area (Å²) in [5, 5.41) is 0. The van der Waals surface area contributed by atoms with E-state index in [1.165, 1.54) is 43.8 Å². The van der Waals surface area contributed by atoms with Crippen LogP contribution in [0.2, 0.25) is 0 Å². The Morgan fingerprint density at radius 3 is 2.27 bits per heavy atom. The summed E-state index contributed by atoms with van der Waals surface area (Å²) in [5.74, 6) is -0.182. The molecule has 2 bridgehead atoms. The van der Waals surface area contributed by atoms with Crippen molar-refractivity contribution in [1.29, 1.82) is 0 Å². The molecule has 4 rings (SSSR count). The standard InChI is InChI=1S/C18H28N2O2/c1-15(2)22-18(21)17-7-5-4-6-16(17)14-20-11-8-19(3,9-12-20)10-13-20/h4-7,15H,8-14H2,1-3H3/q+2. The molecule has 0 radical (unpaired) electrons. The van der Waals surface area contributed by atoms with Crippen molar-refractivity contribution in [1.82, 2.24) is 0 Å². The number of quaternary nitrogens is 2. The highest BCUT2D eigenvalue weighted by atomic mass is 16.5. The normalized spacial score (nSPS) is 30.5. The molecule has 0 aromatic heterocycles. The van der Waals surface area contributed by atoms with E-state index in [1.807, 2.05) is 32.0 Å². The maximum atomic E-state index is 12.3. The Balaban J connectivity index is 1.80. The first-order valence-corrected chi connectivity index (χ1v) is 8.39. The van der Waals surface area contributed by atoms with E-state index in [-0.39, 0.29) is 12.1 Å². The fourth-order valence-electron chi connectivity index (χ4n) is 3.76. The first-order valence-electron chi connectivity index (χ1n) is 8.39. The van der Waals surface area contributed by atoms with Gasteiger partial charge in [-0.05, 0) is 19.9 Å². The topological polar surface area (TPSA) is 26.3 Å². The smallest absolute Gasteiger partial charge is 0.338 e. The van der Waals surface area contributed by atoms with Gasteiger partial charge in [-0.1, -0.05) is 18.2 Å². The lowest BCUT2D eigenvalue weighted by Gasteiger charge is -2.54. The van der Waals surface area contributed by atoms with E-state index >= 15 is 0 Å². The summed E-state index contributed by atoms with van der Waals surface area (Å²) in [6.45, 7) is 12.2. The van der Waals surface area contributed by atoms with Gasteiger partial charge in [-0.25, -0.2) is 4.79 Å². The maximum Gasteiger partial charge on any atom is 0.338 e. The number of rotatable bonds is 4. The molecule has 120 valence electrons. The lowest BCUT2D eigenvalue weighted by atomic mass is 10.0. The lowest BCUT2D eigenvalue weighted by molar-refractivity contribution is -1.08. The van der Waals surface area contributed by atoms with Gasteiger partial charge in [0.25, 0.3) is 0 Å². The molecular weight excluding hydrogens is 276 g/mol. The summed E-state index contributed by atoms with van der Waals surface area (Å²) in [7, 11) is 2.38. The van der Waals surface area contributed by atoms with Gasteiger partial charge in [0.15, 0.2) is 0 Å². The number of nitrogens with zero attached hydrogens (tertiary/aromatic N) is 2. The van der Waals surface area contributed by atoms with Crippen LogP contribution < -0.4 is 0 Å². The SMILES string of the molecule is CC(C)OC(=O)c1ccccc1C[N+]12CC[N+](C)(CC1)CC2. The molecule has 0 atom stereocenters. The van der Waals surface area contributed by atoms with Gasteiger partial charge >= 0.3 is 5.97 Å². The predicted octanol–water partition coefficient (Wildman–Crippen LogP) is 2.04. The lowest BCUT2D eigenvalue weighted by Crippen LogP contribution is -2.73. The van der Waals surface area contributed by atoms with Crippen LogP contribution in [-0.2, 0) is 11.3 Å². The Morgan fingerprint density at radius 1 is 1.09 bits per heavy atom. The molecule has 1 aromatic carbocycles. The first kappa shape index (κ1) is 15.5. The van der Waals surface area contributed by atoms with Gasteiger partial charge in [0, 0.05) is 5.56 Å². The van der Waals surface area contributed by atoms with Crippen LogP contribution in [0.3, 0.4) is 0 Å². The summed E-state index contributed by atoms with van der Waals surface area (Å²) in [4.78, 5) is 12.3.